The number of methoxy groups -OCH3 is 1. The average Bonchev–Trinajstić information content (AvgIpc) is 2.42. The number of rotatable bonds is 4. The zero-order valence-corrected chi connectivity index (χ0v) is 12.2. The molecule has 0 aliphatic carbocycles. The number of halogens is 2. The molecule has 4 heteroatoms. The second kappa shape index (κ2) is 6.25. The van der Waals surface area contributed by atoms with Crippen LogP contribution in [0.3, 0.4) is 0 Å². The van der Waals surface area contributed by atoms with Gasteiger partial charge in [0, 0.05) is 22.2 Å². The molecule has 1 atom stereocenters. The average molecular weight is 294 g/mol. The first-order chi connectivity index (χ1) is 9.52. The van der Waals surface area contributed by atoms with Crippen LogP contribution in [-0.4, -0.2) is 7.11 Å². The lowest BCUT2D eigenvalue weighted by molar-refractivity contribution is 0.405. The van der Waals surface area contributed by atoms with Gasteiger partial charge in [0.1, 0.15) is 11.6 Å². The van der Waals surface area contributed by atoms with Gasteiger partial charge in [-0.2, -0.15) is 0 Å². The third-order valence-corrected chi connectivity index (χ3v) is 3.63. The Morgan fingerprint density at radius 1 is 1.30 bits per heavy atom. The van der Waals surface area contributed by atoms with Gasteiger partial charge >= 0.3 is 0 Å². The van der Waals surface area contributed by atoms with E-state index in [1.165, 1.54) is 6.07 Å². The van der Waals surface area contributed by atoms with Crippen LogP contribution in [0.1, 0.15) is 22.7 Å². The number of benzene rings is 2. The monoisotopic (exact) mass is 293 g/mol. The fraction of sp³-hybridized carbons (Fsp3) is 0.250. The van der Waals surface area contributed by atoms with Crippen LogP contribution in [0.25, 0.3) is 0 Å². The summed E-state index contributed by atoms with van der Waals surface area (Å²) < 4.78 is 19.1. The summed E-state index contributed by atoms with van der Waals surface area (Å²) in [5.41, 5.74) is 8.55. The maximum Gasteiger partial charge on any atom is 0.127 e. The molecule has 20 heavy (non-hydrogen) atoms. The minimum atomic E-state index is -0.375. The van der Waals surface area contributed by atoms with E-state index in [1.54, 1.807) is 19.2 Å². The standard InChI is InChI=1S/C16H17ClFNO/c1-10-6-7-11(16(8-10)20-2)15(19)9-12-13(17)4-3-5-14(12)18/h3-8,15H,9,19H2,1-2H3. The van der Waals surface area contributed by atoms with E-state index in [0.717, 1.165) is 11.1 Å². The van der Waals surface area contributed by atoms with Gasteiger partial charge in [-0.15, -0.1) is 0 Å². The fourth-order valence-electron chi connectivity index (χ4n) is 2.18. The summed E-state index contributed by atoms with van der Waals surface area (Å²) in [6, 6.07) is 10.0. The van der Waals surface area contributed by atoms with Crippen LogP contribution >= 0.6 is 11.6 Å². The molecule has 0 heterocycles. The van der Waals surface area contributed by atoms with Crippen molar-refractivity contribution in [1.82, 2.24) is 0 Å². The van der Waals surface area contributed by atoms with Crippen molar-refractivity contribution in [2.45, 2.75) is 19.4 Å². The van der Waals surface area contributed by atoms with Crippen LogP contribution in [0.5, 0.6) is 5.75 Å². The van der Waals surface area contributed by atoms with Crippen molar-refractivity contribution in [2.24, 2.45) is 5.73 Å². The molecule has 0 aliphatic rings. The molecule has 0 radical (unpaired) electrons. The molecular formula is C16H17ClFNO. The van der Waals surface area contributed by atoms with Crippen LogP contribution in [-0.2, 0) is 6.42 Å². The van der Waals surface area contributed by atoms with Crippen LogP contribution < -0.4 is 10.5 Å². The first kappa shape index (κ1) is 14.8. The highest BCUT2D eigenvalue weighted by atomic mass is 35.5. The maximum absolute atomic E-state index is 13.8. The van der Waals surface area contributed by atoms with Crippen molar-refractivity contribution >= 4 is 11.6 Å². The molecule has 106 valence electrons. The van der Waals surface area contributed by atoms with Crippen LogP contribution in [0, 0.1) is 12.7 Å². The number of hydrogen-bond acceptors (Lipinski definition) is 2. The van der Waals surface area contributed by atoms with Crippen molar-refractivity contribution in [1.29, 1.82) is 0 Å². The van der Waals surface area contributed by atoms with Gasteiger partial charge in [-0.05, 0) is 37.1 Å². The molecule has 0 aliphatic heterocycles. The van der Waals surface area contributed by atoms with Gasteiger partial charge in [0.05, 0.1) is 7.11 Å². The highest BCUT2D eigenvalue weighted by molar-refractivity contribution is 6.31. The SMILES string of the molecule is COc1cc(C)ccc1C(N)Cc1c(F)cccc1Cl. The molecule has 0 aromatic heterocycles. The minimum absolute atomic E-state index is 0.324. The predicted octanol–water partition coefficient (Wildman–Crippen LogP) is 4.04. The largest absolute Gasteiger partial charge is 0.496 e. The van der Waals surface area contributed by atoms with Crippen LogP contribution in [0.2, 0.25) is 5.02 Å². The summed E-state index contributed by atoms with van der Waals surface area (Å²) in [6.45, 7) is 1.98. The Morgan fingerprint density at radius 2 is 2.05 bits per heavy atom. The molecule has 0 saturated heterocycles. The zero-order chi connectivity index (χ0) is 14.7. The lowest BCUT2D eigenvalue weighted by Crippen LogP contribution is -2.15. The quantitative estimate of drug-likeness (QED) is 0.923. The van der Waals surface area contributed by atoms with Gasteiger partial charge in [-0.25, -0.2) is 4.39 Å². The minimum Gasteiger partial charge on any atom is -0.496 e. The summed E-state index contributed by atoms with van der Waals surface area (Å²) in [5.74, 6) is 0.379. The lowest BCUT2D eigenvalue weighted by atomic mass is 9.97. The molecule has 0 bridgehead atoms. The van der Waals surface area contributed by atoms with Crippen molar-refractivity contribution in [2.75, 3.05) is 7.11 Å². The molecular weight excluding hydrogens is 277 g/mol. The van der Waals surface area contributed by atoms with Gasteiger partial charge in [-0.3, -0.25) is 0 Å². The van der Waals surface area contributed by atoms with E-state index in [0.29, 0.717) is 22.8 Å². The van der Waals surface area contributed by atoms with Crippen molar-refractivity contribution in [3.8, 4) is 5.75 Å². The molecule has 0 saturated carbocycles. The van der Waals surface area contributed by atoms with E-state index in [9.17, 15) is 4.39 Å². The molecule has 1 unspecified atom stereocenters. The number of ether oxygens (including phenoxy) is 1. The smallest absolute Gasteiger partial charge is 0.127 e. The van der Waals surface area contributed by atoms with E-state index >= 15 is 0 Å². The van der Waals surface area contributed by atoms with Gasteiger partial charge in [0.15, 0.2) is 0 Å². The molecule has 2 nitrogen and oxygen atoms in total. The number of aryl methyl sites for hydroxylation is 1. The Morgan fingerprint density at radius 3 is 2.70 bits per heavy atom. The first-order valence-electron chi connectivity index (χ1n) is 6.36. The van der Waals surface area contributed by atoms with E-state index in [1.807, 2.05) is 25.1 Å². The summed E-state index contributed by atoms with van der Waals surface area (Å²) in [4.78, 5) is 0. The van der Waals surface area contributed by atoms with Crippen LogP contribution in [0.4, 0.5) is 4.39 Å². The van der Waals surface area contributed by atoms with Crippen molar-refractivity contribution in [3.05, 3.63) is 63.9 Å². The summed E-state index contributed by atoms with van der Waals surface area (Å²) in [5, 5.41) is 0.395. The third kappa shape index (κ3) is 3.11. The normalized spacial score (nSPS) is 12.2. The number of nitrogens with two attached hydrogens (primary N) is 1. The first-order valence-corrected chi connectivity index (χ1v) is 6.73. The van der Waals surface area contributed by atoms with E-state index in [2.05, 4.69) is 0 Å². The zero-order valence-electron chi connectivity index (χ0n) is 11.5. The van der Waals surface area contributed by atoms with E-state index in [-0.39, 0.29) is 11.9 Å². The molecule has 2 aromatic rings. The summed E-state index contributed by atoms with van der Waals surface area (Å²) >= 11 is 6.03. The molecule has 2 N–H and O–H groups in total. The summed E-state index contributed by atoms with van der Waals surface area (Å²) in [6.07, 6.45) is 0.324. The van der Waals surface area contributed by atoms with Gasteiger partial charge in [0.25, 0.3) is 0 Å². The predicted molar refractivity (Wildman–Crippen MR) is 79.8 cm³/mol. The Kier molecular flexibility index (Phi) is 4.63. The van der Waals surface area contributed by atoms with Gasteiger partial charge in [-0.1, -0.05) is 29.8 Å². The second-order valence-electron chi connectivity index (χ2n) is 4.76. The van der Waals surface area contributed by atoms with Gasteiger partial charge in [0.2, 0.25) is 0 Å². The Balaban J connectivity index is 2.31. The van der Waals surface area contributed by atoms with Crippen molar-refractivity contribution in [3.63, 3.8) is 0 Å². The highest BCUT2D eigenvalue weighted by Gasteiger charge is 2.16. The van der Waals surface area contributed by atoms with E-state index in [4.69, 9.17) is 22.1 Å². The third-order valence-electron chi connectivity index (χ3n) is 3.27. The number of hydrogen-bond donors (Lipinski definition) is 1. The second-order valence-corrected chi connectivity index (χ2v) is 5.16. The Hall–Kier alpha value is -1.58. The maximum atomic E-state index is 13.8. The van der Waals surface area contributed by atoms with E-state index < -0.39 is 0 Å². The summed E-state index contributed by atoms with van der Waals surface area (Å²) in [7, 11) is 1.60. The highest BCUT2D eigenvalue weighted by Crippen LogP contribution is 2.30. The van der Waals surface area contributed by atoms with Crippen molar-refractivity contribution < 1.29 is 9.13 Å². The molecule has 0 spiro atoms. The molecule has 0 amide bonds. The Labute approximate surface area is 123 Å². The molecule has 0 fully saturated rings. The molecule has 2 rings (SSSR count). The Bertz CT molecular complexity index is 595. The lowest BCUT2D eigenvalue weighted by Gasteiger charge is -2.17. The van der Waals surface area contributed by atoms with Gasteiger partial charge < -0.3 is 10.5 Å². The topological polar surface area (TPSA) is 35.2 Å². The molecule has 2 aromatic carbocycles. The fourth-order valence-corrected chi connectivity index (χ4v) is 2.42. The van der Waals surface area contributed by atoms with Crippen LogP contribution in [0.15, 0.2) is 36.4 Å².